The molecule has 1 N–H and O–H groups in total. The summed E-state index contributed by atoms with van der Waals surface area (Å²) in [4.78, 5) is 0. The van der Waals surface area contributed by atoms with E-state index in [1.807, 2.05) is 13.8 Å². The second kappa shape index (κ2) is 4.24. The van der Waals surface area contributed by atoms with E-state index in [-0.39, 0.29) is 6.10 Å². The third-order valence-electron chi connectivity index (χ3n) is 3.22. The van der Waals surface area contributed by atoms with E-state index in [4.69, 9.17) is 9.47 Å². The van der Waals surface area contributed by atoms with Crippen LogP contribution < -0.4 is 0 Å². The zero-order chi connectivity index (χ0) is 10.9. The van der Waals surface area contributed by atoms with Crippen molar-refractivity contribution >= 4 is 0 Å². The molecule has 2 fully saturated rings. The first kappa shape index (κ1) is 11.1. The van der Waals surface area contributed by atoms with E-state index >= 15 is 0 Å². The summed E-state index contributed by atoms with van der Waals surface area (Å²) in [6.07, 6.45) is 3.94. The minimum Gasteiger partial charge on any atom is -0.389 e. The van der Waals surface area contributed by atoms with E-state index < -0.39 is 5.79 Å². The smallest absolute Gasteiger partial charge is 0.163 e. The van der Waals surface area contributed by atoms with Crippen molar-refractivity contribution in [2.45, 2.75) is 51.4 Å². The van der Waals surface area contributed by atoms with Gasteiger partial charge in [-0.25, -0.2) is 0 Å². The Morgan fingerprint density at radius 3 is 2.47 bits per heavy atom. The van der Waals surface area contributed by atoms with Crippen molar-refractivity contribution in [1.29, 1.82) is 0 Å². The number of hydrogen-bond donors (Lipinski definition) is 1. The molecule has 3 nitrogen and oxygen atoms in total. The average molecular weight is 212 g/mol. The molecule has 0 radical (unpaired) electrons. The minimum atomic E-state index is -0.469. The Morgan fingerprint density at radius 2 is 1.87 bits per heavy atom. The van der Waals surface area contributed by atoms with Crippen molar-refractivity contribution in [2.24, 2.45) is 0 Å². The molecular weight excluding hydrogens is 192 g/mol. The van der Waals surface area contributed by atoms with Crippen LogP contribution >= 0.6 is 0 Å². The SMILES string of the molecule is CC1(C)OCC(=C2CCCCC2O)CO1. The average Bonchev–Trinajstić information content (AvgIpc) is 2.19. The summed E-state index contributed by atoms with van der Waals surface area (Å²) in [5, 5.41) is 9.88. The van der Waals surface area contributed by atoms with Crippen LogP contribution in [-0.2, 0) is 9.47 Å². The molecule has 15 heavy (non-hydrogen) atoms. The van der Waals surface area contributed by atoms with Crippen molar-refractivity contribution < 1.29 is 14.6 Å². The van der Waals surface area contributed by atoms with E-state index in [2.05, 4.69) is 0 Å². The fourth-order valence-corrected chi connectivity index (χ4v) is 2.20. The van der Waals surface area contributed by atoms with Gasteiger partial charge in [0.25, 0.3) is 0 Å². The van der Waals surface area contributed by atoms with Crippen molar-refractivity contribution in [2.75, 3.05) is 13.2 Å². The largest absolute Gasteiger partial charge is 0.389 e. The summed E-state index contributed by atoms with van der Waals surface area (Å²) in [5.74, 6) is -0.469. The van der Waals surface area contributed by atoms with Crippen molar-refractivity contribution in [3.63, 3.8) is 0 Å². The summed E-state index contributed by atoms with van der Waals surface area (Å²) in [6.45, 7) is 5.07. The predicted molar refractivity (Wildman–Crippen MR) is 57.5 cm³/mol. The second-order valence-corrected chi connectivity index (χ2v) is 4.87. The molecule has 0 bridgehead atoms. The van der Waals surface area contributed by atoms with Crippen LogP contribution in [-0.4, -0.2) is 30.2 Å². The first-order valence-corrected chi connectivity index (χ1v) is 5.75. The summed E-state index contributed by atoms with van der Waals surface area (Å²) < 4.78 is 11.2. The normalized spacial score (nSPS) is 31.8. The second-order valence-electron chi connectivity index (χ2n) is 4.87. The Labute approximate surface area is 91.1 Å². The molecule has 0 aromatic heterocycles. The molecule has 1 unspecified atom stereocenters. The van der Waals surface area contributed by atoms with Gasteiger partial charge in [0, 0.05) is 0 Å². The Bertz CT molecular complexity index is 256. The highest BCUT2D eigenvalue weighted by atomic mass is 16.7. The highest BCUT2D eigenvalue weighted by Crippen LogP contribution is 2.30. The quantitative estimate of drug-likeness (QED) is 0.624. The summed E-state index contributed by atoms with van der Waals surface area (Å²) in [6, 6.07) is 0. The lowest BCUT2D eigenvalue weighted by molar-refractivity contribution is -0.226. The van der Waals surface area contributed by atoms with Gasteiger partial charge in [-0.3, -0.25) is 0 Å². The van der Waals surface area contributed by atoms with Crippen LogP contribution in [0.1, 0.15) is 39.5 Å². The summed E-state index contributed by atoms with van der Waals surface area (Å²) in [5.41, 5.74) is 2.32. The van der Waals surface area contributed by atoms with Crippen LogP contribution in [0.3, 0.4) is 0 Å². The molecule has 0 aromatic carbocycles. The minimum absolute atomic E-state index is 0.262. The molecule has 1 saturated carbocycles. The van der Waals surface area contributed by atoms with Crippen LogP contribution in [0.5, 0.6) is 0 Å². The van der Waals surface area contributed by atoms with Crippen LogP contribution in [0.4, 0.5) is 0 Å². The van der Waals surface area contributed by atoms with E-state index in [1.165, 1.54) is 6.42 Å². The lowest BCUT2D eigenvalue weighted by Crippen LogP contribution is -2.37. The van der Waals surface area contributed by atoms with Crippen LogP contribution in [0.25, 0.3) is 0 Å². The van der Waals surface area contributed by atoms with Gasteiger partial charge in [-0.15, -0.1) is 0 Å². The summed E-state index contributed by atoms with van der Waals surface area (Å²) in [7, 11) is 0. The van der Waals surface area contributed by atoms with Gasteiger partial charge in [0.1, 0.15) is 0 Å². The maximum Gasteiger partial charge on any atom is 0.163 e. The third kappa shape index (κ3) is 2.60. The van der Waals surface area contributed by atoms with Crippen LogP contribution in [0, 0.1) is 0 Å². The van der Waals surface area contributed by atoms with Gasteiger partial charge in [-0.1, -0.05) is 6.42 Å². The van der Waals surface area contributed by atoms with E-state index in [9.17, 15) is 5.11 Å². The highest BCUT2D eigenvalue weighted by molar-refractivity contribution is 5.21. The number of hydrogen-bond acceptors (Lipinski definition) is 3. The molecular formula is C12H20O3. The predicted octanol–water partition coefficient (Wildman–Crippen LogP) is 2.00. The number of aliphatic hydroxyl groups is 1. The van der Waals surface area contributed by atoms with Gasteiger partial charge >= 0.3 is 0 Å². The van der Waals surface area contributed by atoms with Crippen molar-refractivity contribution in [3.8, 4) is 0 Å². The Hall–Kier alpha value is -0.380. The third-order valence-corrected chi connectivity index (χ3v) is 3.22. The zero-order valence-corrected chi connectivity index (χ0v) is 9.58. The first-order chi connectivity index (χ1) is 7.08. The molecule has 1 atom stereocenters. The standard InChI is InChI=1S/C12H20O3/c1-12(2)14-7-9(8-15-12)10-5-3-4-6-11(10)13/h11,13H,3-8H2,1-2H3. The zero-order valence-electron chi connectivity index (χ0n) is 9.58. The van der Waals surface area contributed by atoms with Crippen LogP contribution in [0.2, 0.25) is 0 Å². The Morgan fingerprint density at radius 1 is 1.20 bits per heavy atom. The van der Waals surface area contributed by atoms with Gasteiger partial charge in [-0.2, -0.15) is 0 Å². The molecule has 1 aliphatic carbocycles. The lowest BCUT2D eigenvalue weighted by Gasteiger charge is -2.34. The van der Waals surface area contributed by atoms with E-state index in [0.29, 0.717) is 13.2 Å². The molecule has 1 heterocycles. The maximum absolute atomic E-state index is 9.88. The van der Waals surface area contributed by atoms with Gasteiger partial charge in [0.05, 0.1) is 19.3 Å². The molecule has 2 rings (SSSR count). The molecule has 1 aliphatic heterocycles. The fourth-order valence-electron chi connectivity index (χ4n) is 2.20. The maximum atomic E-state index is 9.88. The monoisotopic (exact) mass is 212 g/mol. The number of rotatable bonds is 0. The van der Waals surface area contributed by atoms with Crippen molar-refractivity contribution in [1.82, 2.24) is 0 Å². The van der Waals surface area contributed by atoms with Crippen molar-refractivity contribution in [3.05, 3.63) is 11.1 Å². The molecule has 1 saturated heterocycles. The highest BCUT2D eigenvalue weighted by Gasteiger charge is 2.28. The summed E-state index contributed by atoms with van der Waals surface area (Å²) >= 11 is 0. The molecule has 86 valence electrons. The van der Waals surface area contributed by atoms with Gasteiger partial charge in [0.2, 0.25) is 0 Å². The number of aliphatic hydroxyl groups excluding tert-OH is 1. The topological polar surface area (TPSA) is 38.7 Å². The molecule has 0 spiro atoms. The Balaban J connectivity index is 2.06. The fraction of sp³-hybridized carbons (Fsp3) is 0.833. The lowest BCUT2D eigenvalue weighted by atomic mass is 9.88. The van der Waals surface area contributed by atoms with Gasteiger partial charge in [0.15, 0.2) is 5.79 Å². The van der Waals surface area contributed by atoms with Crippen LogP contribution in [0.15, 0.2) is 11.1 Å². The molecule has 0 aromatic rings. The van der Waals surface area contributed by atoms with Gasteiger partial charge < -0.3 is 14.6 Å². The Kier molecular flexibility index (Phi) is 3.14. The molecule has 2 aliphatic rings. The van der Waals surface area contributed by atoms with E-state index in [1.54, 1.807) is 0 Å². The molecule has 0 amide bonds. The first-order valence-electron chi connectivity index (χ1n) is 5.75. The van der Waals surface area contributed by atoms with E-state index in [0.717, 1.165) is 30.4 Å². The number of ether oxygens (including phenoxy) is 2. The molecule has 3 heteroatoms. The van der Waals surface area contributed by atoms with Gasteiger partial charge in [-0.05, 0) is 44.3 Å².